The Labute approximate surface area is 183 Å². The van der Waals surface area contributed by atoms with Crippen molar-refractivity contribution in [3.05, 3.63) is 77.7 Å². The lowest BCUT2D eigenvalue weighted by molar-refractivity contribution is -0.149. The highest BCUT2D eigenvalue weighted by Gasteiger charge is 2.43. The summed E-state index contributed by atoms with van der Waals surface area (Å²) in [6.07, 6.45) is 3.62. The molecule has 2 heterocycles. The quantitative estimate of drug-likeness (QED) is 0.392. The fourth-order valence-electron chi connectivity index (χ4n) is 3.40. The normalized spacial score (nSPS) is 13.9. The molecule has 1 aliphatic heterocycles. The zero-order valence-corrected chi connectivity index (χ0v) is 17.6. The van der Waals surface area contributed by atoms with Crippen LogP contribution in [0.15, 0.2) is 65.3 Å². The maximum atomic E-state index is 12.9. The Bertz CT molecular complexity index is 1080. The molecule has 0 saturated carbocycles. The van der Waals surface area contributed by atoms with Gasteiger partial charge in [0, 0.05) is 5.56 Å². The summed E-state index contributed by atoms with van der Waals surface area (Å²) in [5.74, 6) is -0.582. The zero-order chi connectivity index (χ0) is 21.8. The van der Waals surface area contributed by atoms with Gasteiger partial charge in [-0.1, -0.05) is 30.3 Å². The van der Waals surface area contributed by atoms with E-state index in [9.17, 15) is 14.4 Å². The Hall–Kier alpha value is -3.39. The van der Waals surface area contributed by atoms with Gasteiger partial charge in [0.05, 0.1) is 11.1 Å². The van der Waals surface area contributed by atoms with Gasteiger partial charge in [-0.15, -0.1) is 0 Å². The van der Waals surface area contributed by atoms with E-state index >= 15 is 0 Å². The molecule has 3 aromatic rings. The zero-order valence-electron chi connectivity index (χ0n) is 16.8. The molecule has 0 spiro atoms. The third-order valence-electron chi connectivity index (χ3n) is 4.94. The van der Waals surface area contributed by atoms with E-state index in [0.717, 1.165) is 10.5 Å². The summed E-state index contributed by atoms with van der Waals surface area (Å²) in [6, 6.07) is 14.9. The van der Waals surface area contributed by atoms with Crippen molar-refractivity contribution >= 4 is 29.5 Å². The molecule has 1 aliphatic rings. The van der Waals surface area contributed by atoms with E-state index in [1.165, 1.54) is 18.0 Å². The molecule has 8 heteroatoms. The Morgan fingerprint density at radius 3 is 2.35 bits per heavy atom. The minimum atomic E-state index is -1.000. The van der Waals surface area contributed by atoms with E-state index in [-0.39, 0.29) is 6.61 Å². The largest absolute Gasteiger partial charge is 0.457 e. The molecule has 0 aliphatic carbocycles. The lowest BCUT2D eigenvalue weighted by Gasteiger charge is -2.24. The Morgan fingerprint density at radius 1 is 1.06 bits per heavy atom. The van der Waals surface area contributed by atoms with Crippen molar-refractivity contribution in [3.8, 4) is 11.5 Å². The van der Waals surface area contributed by atoms with Gasteiger partial charge in [0.1, 0.15) is 24.6 Å². The fraction of sp³-hybridized carbons (Fsp3) is 0.217. The van der Waals surface area contributed by atoms with Crippen LogP contribution in [0.2, 0.25) is 0 Å². The number of esters is 1. The molecular weight excluding hydrogens is 416 g/mol. The van der Waals surface area contributed by atoms with Crippen LogP contribution in [-0.2, 0) is 16.1 Å². The molecule has 2 aromatic carbocycles. The van der Waals surface area contributed by atoms with Crippen molar-refractivity contribution in [1.82, 2.24) is 9.88 Å². The second-order valence-corrected chi connectivity index (χ2v) is 7.93. The van der Waals surface area contributed by atoms with Crippen molar-refractivity contribution in [2.45, 2.75) is 19.1 Å². The van der Waals surface area contributed by atoms with Crippen LogP contribution in [0.5, 0.6) is 0 Å². The van der Waals surface area contributed by atoms with Crippen LogP contribution < -0.4 is 0 Å². The number of aromatic nitrogens is 1. The highest BCUT2D eigenvalue weighted by molar-refractivity contribution is 7.98. The first-order valence-electron chi connectivity index (χ1n) is 9.72. The molecule has 1 atom stereocenters. The van der Waals surface area contributed by atoms with Crippen LogP contribution in [0.4, 0.5) is 0 Å². The van der Waals surface area contributed by atoms with E-state index in [4.69, 9.17) is 9.15 Å². The van der Waals surface area contributed by atoms with Gasteiger partial charge in [0.15, 0.2) is 0 Å². The number of oxazole rings is 1. The van der Waals surface area contributed by atoms with Crippen molar-refractivity contribution < 1.29 is 23.5 Å². The summed E-state index contributed by atoms with van der Waals surface area (Å²) in [6.45, 7) is -0.117. The highest BCUT2D eigenvalue weighted by Crippen LogP contribution is 2.27. The molecule has 0 fully saturated rings. The minimum absolute atomic E-state index is 0.117. The molecule has 1 aromatic heterocycles. The number of rotatable bonds is 8. The number of carbonyl (C=O) groups is 3. The van der Waals surface area contributed by atoms with Crippen LogP contribution in [0.1, 0.15) is 32.8 Å². The molecular formula is C23H20N2O5S. The van der Waals surface area contributed by atoms with Crippen molar-refractivity contribution in [2.24, 2.45) is 0 Å². The number of fused-ring (bicyclic) bond motifs is 1. The third kappa shape index (κ3) is 4.25. The van der Waals surface area contributed by atoms with Gasteiger partial charge >= 0.3 is 5.97 Å². The van der Waals surface area contributed by atoms with Crippen LogP contribution in [0, 0.1) is 0 Å². The monoisotopic (exact) mass is 436 g/mol. The lowest BCUT2D eigenvalue weighted by atomic mass is 10.1. The predicted molar refractivity (Wildman–Crippen MR) is 115 cm³/mol. The molecule has 0 bridgehead atoms. The van der Waals surface area contributed by atoms with Gasteiger partial charge in [0.25, 0.3) is 11.8 Å². The fourth-order valence-corrected chi connectivity index (χ4v) is 3.86. The van der Waals surface area contributed by atoms with Crippen molar-refractivity contribution in [2.75, 3.05) is 12.0 Å². The number of nitrogens with zero attached hydrogens (tertiary/aromatic N) is 2. The molecule has 0 saturated heterocycles. The van der Waals surface area contributed by atoms with Crippen molar-refractivity contribution in [1.29, 1.82) is 0 Å². The summed E-state index contributed by atoms with van der Waals surface area (Å²) < 4.78 is 10.9. The molecule has 2 amide bonds. The Morgan fingerprint density at radius 2 is 1.71 bits per heavy atom. The number of carbonyl (C=O) groups excluding carboxylic acids is 3. The summed E-state index contributed by atoms with van der Waals surface area (Å²) in [4.78, 5) is 43.9. The van der Waals surface area contributed by atoms with Gasteiger partial charge in [-0.05, 0) is 42.7 Å². The number of ether oxygens (including phenoxy) is 1. The SMILES string of the molecule is CSCCC(C(=O)OCc1coc(-c2ccccc2)n1)N1C(=O)c2ccccc2C1=O. The van der Waals surface area contributed by atoms with E-state index in [1.54, 1.807) is 24.3 Å². The topological polar surface area (TPSA) is 89.7 Å². The molecule has 0 radical (unpaired) electrons. The average molecular weight is 436 g/mol. The summed E-state index contributed by atoms with van der Waals surface area (Å²) >= 11 is 1.52. The first-order valence-corrected chi connectivity index (χ1v) is 11.1. The second-order valence-electron chi connectivity index (χ2n) is 6.94. The number of benzene rings is 2. The first kappa shape index (κ1) is 20.9. The van der Waals surface area contributed by atoms with E-state index in [1.807, 2.05) is 36.6 Å². The van der Waals surface area contributed by atoms with Crippen LogP contribution in [0.3, 0.4) is 0 Å². The lowest BCUT2D eigenvalue weighted by Crippen LogP contribution is -2.46. The minimum Gasteiger partial charge on any atom is -0.457 e. The summed E-state index contributed by atoms with van der Waals surface area (Å²) in [5.41, 5.74) is 1.86. The van der Waals surface area contributed by atoms with Crippen molar-refractivity contribution in [3.63, 3.8) is 0 Å². The maximum Gasteiger partial charge on any atom is 0.329 e. The summed E-state index contributed by atoms with van der Waals surface area (Å²) in [5, 5.41) is 0. The molecule has 158 valence electrons. The number of imide groups is 1. The van der Waals surface area contributed by atoms with Gasteiger partial charge < -0.3 is 9.15 Å². The molecule has 4 rings (SSSR count). The maximum absolute atomic E-state index is 12.9. The third-order valence-corrected chi connectivity index (χ3v) is 5.58. The number of hydrogen-bond donors (Lipinski definition) is 0. The van der Waals surface area contributed by atoms with Gasteiger partial charge in [-0.25, -0.2) is 9.78 Å². The number of thioether (sulfide) groups is 1. The number of hydrogen-bond acceptors (Lipinski definition) is 7. The second kappa shape index (κ2) is 9.18. The smallest absolute Gasteiger partial charge is 0.329 e. The van der Waals surface area contributed by atoms with Gasteiger partial charge in [-0.3, -0.25) is 14.5 Å². The van der Waals surface area contributed by atoms with Crippen LogP contribution in [-0.4, -0.2) is 45.7 Å². The average Bonchev–Trinajstić information content (AvgIpc) is 3.38. The predicted octanol–water partition coefficient (Wildman–Crippen LogP) is 3.80. The molecule has 1 unspecified atom stereocenters. The molecule has 31 heavy (non-hydrogen) atoms. The van der Waals surface area contributed by atoms with Crippen LogP contribution >= 0.6 is 11.8 Å². The Kier molecular flexibility index (Phi) is 6.18. The van der Waals surface area contributed by atoms with Gasteiger partial charge in [0.2, 0.25) is 5.89 Å². The first-order chi connectivity index (χ1) is 15.1. The highest BCUT2D eigenvalue weighted by atomic mass is 32.2. The van der Waals surface area contributed by atoms with E-state index in [0.29, 0.717) is 34.9 Å². The van der Waals surface area contributed by atoms with Crippen LogP contribution in [0.25, 0.3) is 11.5 Å². The summed E-state index contributed by atoms with van der Waals surface area (Å²) in [7, 11) is 0. The standard InChI is InChI=1S/C23H20N2O5S/c1-31-12-11-19(25-21(26)17-9-5-6-10-18(17)22(25)27)23(28)30-14-16-13-29-20(24-16)15-7-3-2-4-8-15/h2-10,13,19H,11-12,14H2,1H3. The molecule has 7 nitrogen and oxygen atoms in total. The van der Waals surface area contributed by atoms with Gasteiger partial charge in [-0.2, -0.15) is 11.8 Å². The molecule has 0 N–H and O–H groups in total. The van der Waals surface area contributed by atoms with E-state index in [2.05, 4.69) is 4.98 Å². The van der Waals surface area contributed by atoms with E-state index < -0.39 is 23.8 Å². The number of amides is 2. The Balaban J connectivity index is 1.48.